The summed E-state index contributed by atoms with van der Waals surface area (Å²) >= 11 is 1.51. The number of benzene rings is 1. The highest BCUT2D eigenvalue weighted by atomic mass is 32.1. The number of carbonyl (C=O) groups excluding carboxylic acids is 2. The number of rotatable bonds is 6. The van der Waals surface area contributed by atoms with Crippen LogP contribution in [0.3, 0.4) is 0 Å². The van der Waals surface area contributed by atoms with Crippen molar-refractivity contribution in [2.75, 3.05) is 12.1 Å². The molecule has 2 aromatic heterocycles. The van der Waals surface area contributed by atoms with E-state index in [-0.39, 0.29) is 24.9 Å². The van der Waals surface area contributed by atoms with Crippen LogP contribution in [-0.2, 0) is 11.2 Å². The largest absolute Gasteiger partial charge is 0.454 e. The van der Waals surface area contributed by atoms with Gasteiger partial charge in [0.15, 0.2) is 17.3 Å². The van der Waals surface area contributed by atoms with Crippen molar-refractivity contribution in [3.05, 3.63) is 41.1 Å². The molecular weight excluding hydrogens is 370 g/mol. The average molecular weight is 385 g/mol. The zero-order chi connectivity index (χ0) is 18.8. The third-order valence-corrected chi connectivity index (χ3v) is 4.81. The number of ketones is 1. The Hall–Kier alpha value is -3.20. The summed E-state index contributed by atoms with van der Waals surface area (Å²) in [5.74, 6) is 1.42. The number of fused-ring (bicyclic) bond motifs is 1. The maximum atomic E-state index is 12.3. The van der Waals surface area contributed by atoms with Crippen LogP contribution in [0.25, 0.3) is 10.7 Å². The Kier molecular flexibility index (Phi) is 4.59. The molecule has 4 rings (SSSR count). The third kappa shape index (κ3) is 3.68. The predicted molar refractivity (Wildman–Crippen MR) is 97.1 cm³/mol. The number of hydrogen-bond acceptors (Lipinski definition) is 8. The minimum absolute atomic E-state index is 0.0911. The van der Waals surface area contributed by atoms with E-state index in [0.717, 1.165) is 4.88 Å². The topological polar surface area (TPSA) is 104 Å². The van der Waals surface area contributed by atoms with Crippen LogP contribution >= 0.6 is 11.3 Å². The molecule has 1 amide bonds. The maximum Gasteiger partial charge on any atom is 0.231 e. The molecule has 0 unspecified atom stereocenters. The molecule has 0 saturated heterocycles. The number of amides is 1. The van der Waals surface area contributed by atoms with Gasteiger partial charge in [0.25, 0.3) is 0 Å². The van der Waals surface area contributed by atoms with Gasteiger partial charge in [0.05, 0.1) is 10.6 Å². The van der Waals surface area contributed by atoms with E-state index >= 15 is 0 Å². The summed E-state index contributed by atoms with van der Waals surface area (Å²) in [6.45, 7) is 1.52. The molecule has 0 radical (unpaired) electrons. The number of nitrogens with one attached hydrogen (secondary N) is 1. The van der Waals surface area contributed by atoms with Crippen LogP contribution in [0, 0.1) is 0 Å². The smallest absolute Gasteiger partial charge is 0.231 e. The molecule has 0 spiro atoms. The first-order valence-electron chi connectivity index (χ1n) is 8.21. The van der Waals surface area contributed by atoms with Crippen LogP contribution in [0.1, 0.15) is 29.6 Å². The second kappa shape index (κ2) is 7.20. The molecule has 27 heavy (non-hydrogen) atoms. The van der Waals surface area contributed by atoms with E-state index in [4.69, 9.17) is 14.0 Å². The first-order valence-corrected chi connectivity index (χ1v) is 9.09. The van der Waals surface area contributed by atoms with Crippen LogP contribution in [0.4, 0.5) is 5.69 Å². The molecule has 8 nitrogen and oxygen atoms in total. The molecule has 1 aromatic carbocycles. The van der Waals surface area contributed by atoms with Crippen LogP contribution in [0.15, 0.2) is 34.2 Å². The number of Topliss-reactive ketones (excluding diaryl/α,β-unsaturated/α-hetero) is 1. The Morgan fingerprint density at radius 2 is 2.07 bits per heavy atom. The summed E-state index contributed by atoms with van der Waals surface area (Å²) in [5.41, 5.74) is 0.756. The number of carbonyl (C=O) groups is 2. The third-order valence-electron chi connectivity index (χ3n) is 3.94. The van der Waals surface area contributed by atoms with Crippen molar-refractivity contribution in [2.24, 2.45) is 0 Å². The highest BCUT2D eigenvalue weighted by Gasteiger charge is 2.20. The van der Waals surface area contributed by atoms with Gasteiger partial charge in [-0.3, -0.25) is 9.59 Å². The van der Waals surface area contributed by atoms with E-state index in [1.807, 2.05) is 17.5 Å². The van der Waals surface area contributed by atoms with Gasteiger partial charge < -0.3 is 19.3 Å². The number of anilines is 1. The van der Waals surface area contributed by atoms with Gasteiger partial charge in [-0.05, 0) is 24.4 Å². The van der Waals surface area contributed by atoms with Gasteiger partial charge in [0.1, 0.15) is 0 Å². The lowest BCUT2D eigenvalue weighted by Gasteiger charge is -2.10. The Balaban J connectivity index is 1.42. The van der Waals surface area contributed by atoms with Crippen molar-refractivity contribution < 1.29 is 23.6 Å². The predicted octanol–water partition coefficient (Wildman–Crippen LogP) is 3.30. The van der Waals surface area contributed by atoms with Gasteiger partial charge in [0.2, 0.25) is 24.4 Å². The molecule has 1 aliphatic heterocycles. The molecule has 3 heterocycles. The fourth-order valence-electron chi connectivity index (χ4n) is 2.63. The Morgan fingerprint density at radius 3 is 2.81 bits per heavy atom. The minimum atomic E-state index is -0.271. The van der Waals surface area contributed by atoms with E-state index in [9.17, 15) is 9.59 Å². The van der Waals surface area contributed by atoms with Crippen molar-refractivity contribution in [3.63, 3.8) is 0 Å². The Morgan fingerprint density at radius 1 is 1.26 bits per heavy atom. The van der Waals surface area contributed by atoms with Crippen LogP contribution in [0.2, 0.25) is 0 Å². The van der Waals surface area contributed by atoms with Gasteiger partial charge >= 0.3 is 0 Å². The van der Waals surface area contributed by atoms with E-state index in [2.05, 4.69) is 15.5 Å². The van der Waals surface area contributed by atoms with Crippen molar-refractivity contribution in [1.29, 1.82) is 0 Å². The monoisotopic (exact) mass is 385 g/mol. The fourth-order valence-corrected chi connectivity index (χ4v) is 3.28. The van der Waals surface area contributed by atoms with Crippen molar-refractivity contribution in [3.8, 4) is 22.2 Å². The lowest BCUT2D eigenvalue weighted by atomic mass is 10.1. The number of thiophene rings is 1. The first-order chi connectivity index (χ1) is 13.1. The maximum absolute atomic E-state index is 12.3. The zero-order valence-corrected chi connectivity index (χ0v) is 15.2. The molecule has 1 aliphatic rings. The average Bonchev–Trinajstić information content (AvgIpc) is 3.38. The van der Waals surface area contributed by atoms with Gasteiger partial charge in [-0.15, -0.1) is 11.3 Å². The van der Waals surface area contributed by atoms with Gasteiger partial charge in [-0.2, -0.15) is 4.98 Å². The van der Waals surface area contributed by atoms with Gasteiger partial charge in [-0.1, -0.05) is 11.2 Å². The van der Waals surface area contributed by atoms with Crippen LogP contribution < -0.4 is 14.8 Å². The second-order valence-corrected chi connectivity index (χ2v) is 6.79. The van der Waals surface area contributed by atoms with Crippen LogP contribution in [-0.4, -0.2) is 28.6 Å². The van der Waals surface area contributed by atoms with Crippen molar-refractivity contribution >= 4 is 28.7 Å². The minimum Gasteiger partial charge on any atom is -0.454 e. The highest BCUT2D eigenvalue weighted by Crippen LogP contribution is 2.37. The van der Waals surface area contributed by atoms with E-state index in [1.54, 1.807) is 12.1 Å². The normalized spacial score (nSPS) is 12.2. The fraction of sp³-hybridized carbons (Fsp3) is 0.222. The number of ether oxygens (including phenoxy) is 2. The molecule has 0 fully saturated rings. The molecule has 138 valence electrons. The van der Waals surface area contributed by atoms with Gasteiger partial charge in [0, 0.05) is 24.5 Å². The summed E-state index contributed by atoms with van der Waals surface area (Å²) in [5, 5.41) is 8.59. The quantitative estimate of drug-likeness (QED) is 0.649. The summed E-state index contributed by atoms with van der Waals surface area (Å²) in [6.07, 6.45) is 0.433. The molecule has 0 bridgehead atoms. The zero-order valence-electron chi connectivity index (χ0n) is 14.4. The number of aromatic nitrogens is 2. The molecule has 9 heteroatoms. The van der Waals surface area contributed by atoms with E-state index in [1.165, 1.54) is 18.3 Å². The van der Waals surface area contributed by atoms with E-state index in [0.29, 0.717) is 40.9 Å². The lowest BCUT2D eigenvalue weighted by molar-refractivity contribution is -0.116. The number of aryl methyl sites for hydroxylation is 1. The summed E-state index contributed by atoms with van der Waals surface area (Å²) < 4.78 is 15.8. The Labute approximate surface area is 158 Å². The number of nitrogens with zero attached hydrogens (tertiary/aromatic N) is 2. The summed E-state index contributed by atoms with van der Waals surface area (Å²) in [7, 11) is 0. The second-order valence-electron chi connectivity index (χ2n) is 5.84. The highest BCUT2D eigenvalue weighted by molar-refractivity contribution is 7.13. The Bertz CT molecular complexity index is 997. The molecule has 0 atom stereocenters. The SMILES string of the molecule is CC(=O)c1cc2c(cc1NC(=O)CCc1nc(-c3cccs3)no1)OCO2. The molecular formula is C18H15N3O5S. The number of hydrogen-bond donors (Lipinski definition) is 1. The molecule has 1 N–H and O–H groups in total. The summed E-state index contributed by atoms with van der Waals surface area (Å²) in [6, 6.07) is 6.97. The van der Waals surface area contributed by atoms with Crippen LogP contribution in [0.5, 0.6) is 11.5 Å². The standard InChI is InChI=1S/C18H15N3O5S/c1-10(22)11-7-13-14(25-9-24-13)8-12(11)19-16(23)4-5-17-20-18(21-26-17)15-3-2-6-27-15/h2-3,6-8H,4-5,9H2,1H3,(H,19,23). The molecule has 0 aliphatic carbocycles. The first kappa shape index (κ1) is 17.2. The summed E-state index contributed by atoms with van der Waals surface area (Å²) in [4.78, 5) is 29.4. The van der Waals surface area contributed by atoms with E-state index < -0.39 is 0 Å². The molecule has 3 aromatic rings. The van der Waals surface area contributed by atoms with Gasteiger partial charge in [-0.25, -0.2) is 0 Å². The van der Waals surface area contributed by atoms with Crippen molar-refractivity contribution in [1.82, 2.24) is 10.1 Å². The van der Waals surface area contributed by atoms with Crippen molar-refractivity contribution in [2.45, 2.75) is 19.8 Å². The lowest BCUT2D eigenvalue weighted by Crippen LogP contribution is -2.14. The molecule has 0 saturated carbocycles.